The van der Waals surface area contributed by atoms with Crippen molar-refractivity contribution in [1.29, 1.82) is 0 Å². The van der Waals surface area contributed by atoms with E-state index in [0.29, 0.717) is 24.7 Å². The first-order valence-electron chi connectivity index (χ1n) is 5.33. The molecule has 2 unspecified atom stereocenters. The molecule has 1 aromatic heterocycles. The monoisotopic (exact) mass is 208 g/mol. The van der Waals surface area contributed by atoms with Gasteiger partial charge >= 0.3 is 0 Å². The summed E-state index contributed by atoms with van der Waals surface area (Å²) in [6.45, 7) is 2.09. The number of nitrogens with zero attached hydrogens (tertiary/aromatic N) is 3. The van der Waals surface area contributed by atoms with Gasteiger partial charge in [0.25, 0.3) is 0 Å². The number of aryl methyl sites for hydroxylation is 1. The molecule has 0 amide bonds. The van der Waals surface area contributed by atoms with Crippen LogP contribution in [0.25, 0.3) is 0 Å². The van der Waals surface area contributed by atoms with E-state index in [1.807, 2.05) is 13.2 Å². The molecule has 2 rings (SSSR count). The van der Waals surface area contributed by atoms with Crippen molar-refractivity contribution in [1.82, 2.24) is 20.3 Å². The van der Waals surface area contributed by atoms with Crippen LogP contribution in [0.15, 0.2) is 6.20 Å². The third kappa shape index (κ3) is 2.23. The maximum Gasteiger partial charge on any atom is 0.136 e. The van der Waals surface area contributed by atoms with Gasteiger partial charge in [0.2, 0.25) is 0 Å². The molecular weight excluding hydrogens is 192 g/mol. The number of nitrogens with one attached hydrogen (secondary N) is 1. The summed E-state index contributed by atoms with van der Waals surface area (Å²) in [7, 11) is 1.83. The molecule has 82 valence electrons. The van der Waals surface area contributed by atoms with Crippen LogP contribution < -0.4 is 5.32 Å². The second-order valence-electron chi connectivity index (χ2n) is 4.09. The van der Waals surface area contributed by atoms with Gasteiger partial charge in [0.05, 0.1) is 6.04 Å². The maximum absolute atomic E-state index is 11.5. The average Bonchev–Trinajstić information content (AvgIpc) is 2.64. The van der Waals surface area contributed by atoms with E-state index in [1.54, 1.807) is 4.68 Å². The highest BCUT2D eigenvalue weighted by atomic mass is 16.1. The largest absolute Gasteiger partial charge is 0.305 e. The zero-order valence-corrected chi connectivity index (χ0v) is 9.10. The second-order valence-corrected chi connectivity index (χ2v) is 4.09. The van der Waals surface area contributed by atoms with Crippen molar-refractivity contribution in [2.45, 2.75) is 38.3 Å². The Kier molecular flexibility index (Phi) is 2.81. The zero-order chi connectivity index (χ0) is 10.8. The third-order valence-corrected chi connectivity index (χ3v) is 2.81. The van der Waals surface area contributed by atoms with Crippen LogP contribution >= 0.6 is 0 Å². The molecule has 0 bridgehead atoms. The molecule has 0 radical (unpaired) electrons. The van der Waals surface area contributed by atoms with E-state index in [1.165, 1.54) is 0 Å². The summed E-state index contributed by atoms with van der Waals surface area (Å²) < 4.78 is 1.66. The van der Waals surface area contributed by atoms with Gasteiger partial charge in [-0.1, -0.05) is 12.1 Å². The van der Waals surface area contributed by atoms with Crippen molar-refractivity contribution in [3.63, 3.8) is 0 Å². The first kappa shape index (κ1) is 10.3. The van der Waals surface area contributed by atoms with Crippen molar-refractivity contribution in [3.05, 3.63) is 11.9 Å². The Hall–Kier alpha value is -1.23. The molecule has 2 atom stereocenters. The molecule has 2 heterocycles. The second kappa shape index (κ2) is 4.10. The highest BCUT2D eigenvalue weighted by molar-refractivity contribution is 5.80. The van der Waals surface area contributed by atoms with Gasteiger partial charge in [0.15, 0.2) is 0 Å². The number of piperidine rings is 1. The Labute approximate surface area is 88.9 Å². The molecule has 1 aliphatic heterocycles. The average molecular weight is 208 g/mol. The number of carbonyl (C=O) groups excluding carboxylic acids is 1. The predicted octanol–water partition coefficient (Wildman–Crippen LogP) is 0.587. The standard InChI is InChI=1S/C10H16N4O/c1-3-7-4-8(15)5-9(11-7)10-6-14(2)13-12-10/h6-7,9,11H,3-5H2,1-2H3. The Morgan fingerprint density at radius 1 is 1.60 bits per heavy atom. The fourth-order valence-corrected chi connectivity index (χ4v) is 1.97. The summed E-state index contributed by atoms with van der Waals surface area (Å²) in [6.07, 6.45) is 4.02. The van der Waals surface area contributed by atoms with Crippen LogP contribution in [0.4, 0.5) is 0 Å². The number of hydrogen-bond acceptors (Lipinski definition) is 4. The molecule has 0 saturated carbocycles. The lowest BCUT2D eigenvalue weighted by molar-refractivity contribution is -0.121. The van der Waals surface area contributed by atoms with Crippen LogP contribution in [-0.2, 0) is 11.8 Å². The molecule has 1 aliphatic rings. The molecule has 0 aromatic carbocycles. The fraction of sp³-hybridized carbons (Fsp3) is 0.700. The molecular formula is C10H16N4O. The van der Waals surface area contributed by atoms with Crippen molar-refractivity contribution in [2.75, 3.05) is 0 Å². The molecule has 0 spiro atoms. The molecule has 1 N–H and O–H groups in total. The van der Waals surface area contributed by atoms with Crippen molar-refractivity contribution in [3.8, 4) is 0 Å². The number of Topliss-reactive ketones (excluding diaryl/α,β-unsaturated/α-hetero) is 1. The third-order valence-electron chi connectivity index (χ3n) is 2.81. The molecule has 5 nitrogen and oxygen atoms in total. The van der Waals surface area contributed by atoms with E-state index in [4.69, 9.17) is 0 Å². The molecule has 1 fully saturated rings. The van der Waals surface area contributed by atoms with Crippen LogP contribution in [0.1, 0.15) is 37.9 Å². The lowest BCUT2D eigenvalue weighted by Crippen LogP contribution is -2.40. The van der Waals surface area contributed by atoms with E-state index < -0.39 is 0 Å². The van der Waals surface area contributed by atoms with Crippen molar-refractivity contribution in [2.24, 2.45) is 7.05 Å². The molecule has 15 heavy (non-hydrogen) atoms. The van der Waals surface area contributed by atoms with Crippen molar-refractivity contribution >= 4 is 5.78 Å². The van der Waals surface area contributed by atoms with Crippen molar-refractivity contribution < 1.29 is 4.79 Å². The van der Waals surface area contributed by atoms with E-state index in [-0.39, 0.29) is 6.04 Å². The minimum atomic E-state index is 0.0462. The maximum atomic E-state index is 11.5. The van der Waals surface area contributed by atoms with Gasteiger partial charge in [-0.25, -0.2) is 0 Å². The first-order valence-corrected chi connectivity index (χ1v) is 5.33. The predicted molar refractivity (Wildman–Crippen MR) is 55.2 cm³/mol. The van der Waals surface area contributed by atoms with Crippen LogP contribution in [0.3, 0.4) is 0 Å². The SMILES string of the molecule is CCC1CC(=O)CC(c2cn(C)nn2)N1. The summed E-state index contributed by atoms with van der Waals surface area (Å²) >= 11 is 0. The Bertz CT molecular complexity index is 360. The highest BCUT2D eigenvalue weighted by Crippen LogP contribution is 2.22. The van der Waals surface area contributed by atoms with Gasteiger partial charge in [-0.3, -0.25) is 9.48 Å². The smallest absolute Gasteiger partial charge is 0.136 e. The lowest BCUT2D eigenvalue weighted by Gasteiger charge is -2.28. The minimum Gasteiger partial charge on any atom is -0.305 e. The highest BCUT2D eigenvalue weighted by Gasteiger charge is 2.27. The van der Waals surface area contributed by atoms with E-state index >= 15 is 0 Å². The number of rotatable bonds is 2. The van der Waals surface area contributed by atoms with Crippen LogP contribution in [-0.4, -0.2) is 26.8 Å². The summed E-state index contributed by atoms with van der Waals surface area (Å²) in [4.78, 5) is 11.5. The Morgan fingerprint density at radius 3 is 3.00 bits per heavy atom. The van der Waals surface area contributed by atoms with E-state index in [0.717, 1.165) is 12.1 Å². The normalized spacial score (nSPS) is 26.9. The van der Waals surface area contributed by atoms with Gasteiger partial charge in [-0.2, -0.15) is 0 Å². The number of aromatic nitrogens is 3. The number of hydrogen-bond donors (Lipinski definition) is 1. The summed E-state index contributed by atoms with van der Waals surface area (Å²) in [5, 5.41) is 11.4. The molecule has 1 aromatic rings. The van der Waals surface area contributed by atoms with E-state index in [2.05, 4.69) is 22.6 Å². The zero-order valence-electron chi connectivity index (χ0n) is 9.10. The molecule has 0 aliphatic carbocycles. The summed E-state index contributed by atoms with van der Waals surface area (Å²) in [6, 6.07) is 0.336. The summed E-state index contributed by atoms with van der Waals surface area (Å²) in [5.74, 6) is 0.316. The topological polar surface area (TPSA) is 59.8 Å². The van der Waals surface area contributed by atoms with Crippen LogP contribution in [0, 0.1) is 0 Å². The van der Waals surface area contributed by atoms with Crippen LogP contribution in [0.2, 0.25) is 0 Å². The lowest BCUT2D eigenvalue weighted by atomic mass is 9.94. The molecule has 1 saturated heterocycles. The first-order chi connectivity index (χ1) is 7.19. The van der Waals surface area contributed by atoms with E-state index in [9.17, 15) is 4.79 Å². The van der Waals surface area contributed by atoms with Gasteiger partial charge in [0.1, 0.15) is 11.5 Å². The quantitative estimate of drug-likeness (QED) is 0.772. The minimum absolute atomic E-state index is 0.0462. The number of ketones is 1. The van der Waals surface area contributed by atoms with Gasteiger partial charge in [0, 0.05) is 32.1 Å². The van der Waals surface area contributed by atoms with Gasteiger partial charge in [-0.15, -0.1) is 5.10 Å². The Balaban J connectivity index is 2.12. The van der Waals surface area contributed by atoms with Gasteiger partial charge in [-0.05, 0) is 6.42 Å². The number of carbonyl (C=O) groups is 1. The van der Waals surface area contributed by atoms with Gasteiger partial charge < -0.3 is 5.32 Å². The fourth-order valence-electron chi connectivity index (χ4n) is 1.97. The summed E-state index contributed by atoms with van der Waals surface area (Å²) in [5.41, 5.74) is 0.865. The molecule has 5 heteroatoms. The van der Waals surface area contributed by atoms with Crippen LogP contribution in [0.5, 0.6) is 0 Å². The Morgan fingerprint density at radius 2 is 2.40 bits per heavy atom.